The third-order valence-corrected chi connectivity index (χ3v) is 4.77. The summed E-state index contributed by atoms with van der Waals surface area (Å²) in [6, 6.07) is 0.751. The van der Waals surface area contributed by atoms with E-state index in [1.165, 1.54) is 32.2 Å². The lowest BCUT2D eigenvalue weighted by molar-refractivity contribution is -0.132. The van der Waals surface area contributed by atoms with Crippen molar-refractivity contribution in [1.82, 2.24) is 15.1 Å². The van der Waals surface area contributed by atoms with E-state index in [0.717, 1.165) is 38.1 Å². The monoisotopic (exact) mass is 267 g/mol. The molecule has 2 aliphatic rings. The van der Waals surface area contributed by atoms with Crippen LogP contribution in [0.15, 0.2) is 0 Å². The van der Waals surface area contributed by atoms with E-state index >= 15 is 0 Å². The fraction of sp³-hybridized carbons (Fsp3) is 0.933. The highest BCUT2D eigenvalue weighted by Crippen LogP contribution is 2.25. The van der Waals surface area contributed by atoms with Gasteiger partial charge in [-0.1, -0.05) is 0 Å². The quantitative estimate of drug-likeness (QED) is 0.816. The zero-order valence-electron chi connectivity index (χ0n) is 12.5. The summed E-state index contributed by atoms with van der Waals surface area (Å²) in [6.07, 6.45) is 5.20. The molecule has 1 atom stereocenters. The Kier molecular flexibility index (Phi) is 5.64. The first-order valence-electron chi connectivity index (χ1n) is 7.98. The highest BCUT2D eigenvalue weighted by atomic mass is 16.2. The standard InChI is InChI=1S/C15H29N3O/c1-3-18(4-2)15(19)12-17-10-7-13(8-11-17)14-6-5-9-16-14/h13-14,16H,3-12H2,1-2H3. The van der Waals surface area contributed by atoms with E-state index in [-0.39, 0.29) is 0 Å². The highest BCUT2D eigenvalue weighted by Gasteiger charge is 2.29. The molecular formula is C15H29N3O. The van der Waals surface area contributed by atoms with Crippen LogP contribution in [-0.2, 0) is 4.79 Å². The molecule has 2 fully saturated rings. The molecule has 0 aromatic heterocycles. The molecule has 4 nitrogen and oxygen atoms in total. The third-order valence-electron chi connectivity index (χ3n) is 4.77. The van der Waals surface area contributed by atoms with Gasteiger partial charge in [-0.05, 0) is 65.1 Å². The van der Waals surface area contributed by atoms with Gasteiger partial charge in [-0.3, -0.25) is 9.69 Å². The minimum atomic E-state index is 0.294. The highest BCUT2D eigenvalue weighted by molar-refractivity contribution is 5.78. The Morgan fingerprint density at radius 3 is 2.42 bits per heavy atom. The lowest BCUT2D eigenvalue weighted by Crippen LogP contribution is -2.45. The lowest BCUT2D eigenvalue weighted by Gasteiger charge is -2.35. The maximum atomic E-state index is 12.1. The van der Waals surface area contributed by atoms with Gasteiger partial charge in [0.05, 0.1) is 6.54 Å². The van der Waals surface area contributed by atoms with Gasteiger partial charge in [0.25, 0.3) is 0 Å². The molecule has 2 aliphatic heterocycles. The van der Waals surface area contributed by atoms with Crippen LogP contribution >= 0.6 is 0 Å². The van der Waals surface area contributed by atoms with Gasteiger partial charge in [0.2, 0.25) is 5.91 Å². The minimum absolute atomic E-state index is 0.294. The fourth-order valence-corrected chi connectivity index (χ4v) is 3.49. The van der Waals surface area contributed by atoms with Crippen molar-refractivity contribution in [3.8, 4) is 0 Å². The summed E-state index contributed by atoms with van der Waals surface area (Å²) in [4.78, 5) is 16.4. The van der Waals surface area contributed by atoms with E-state index in [0.29, 0.717) is 12.5 Å². The Labute approximate surface area is 117 Å². The largest absolute Gasteiger partial charge is 0.342 e. The minimum Gasteiger partial charge on any atom is -0.342 e. The van der Waals surface area contributed by atoms with Gasteiger partial charge in [0.15, 0.2) is 0 Å². The van der Waals surface area contributed by atoms with Crippen molar-refractivity contribution in [2.75, 3.05) is 39.3 Å². The van der Waals surface area contributed by atoms with Crippen LogP contribution in [0, 0.1) is 5.92 Å². The van der Waals surface area contributed by atoms with E-state index in [4.69, 9.17) is 0 Å². The molecule has 1 unspecified atom stereocenters. The van der Waals surface area contributed by atoms with Crippen LogP contribution in [0.4, 0.5) is 0 Å². The van der Waals surface area contributed by atoms with Crippen molar-refractivity contribution >= 4 is 5.91 Å². The zero-order chi connectivity index (χ0) is 13.7. The molecule has 2 heterocycles. The first-order chi connectivity index (χ1) is 9.24. The molecule has 19 heavy (non-hydrogen) atoms. The maximum Gasteiger partial charge on any atom is 0.236 e. The number of amides is 1. The molecule has 0 bridgehead atoms. The number of hydrogen-bond donors (Lipinski definition) is 1. The van der Waals surface area contributed by atoms with Gasteiger partial charge in [0.1, 0.15) is 0 Å². The first kappa shape index (κ1) is 14.8. The molecule has 0 aromatic rings. The van der Waals surface area contributed by atoms with Crippen LogP contribution in [0.3, 0.4) is 0 Å². The van der Waals surface area contributed by atoms with Gasteiger partial charge < -0.3 is 10.2 Å². The lowest BCUT2D eigenvalue weighted by atomic mass is 9.88. The Hall–Kier alpha value is -0.610. The summed E-state index contributed by atoms with van der Waals surface area (Å²) in [6.45, 7) is 9.78. The predicted molar refractivity (Wildman–Crippen MR) is 78.1 cm³/mol. The molecule has 0 aromatic carbocycles. The van der Waals surface area contributed by atoms with E-state index in [1.807, 2.05) is 4.90 Å². The summed E-state index contributed by atoms with van der Waals surface area (Å²) >= 11 is 0. The van der Waals surface area contributed by atoms with Crippen molar-refractivity contribution in [2.45, 2.75) is 45.6 Å². The molecule has 0 spiro atoms. The average Bonchev–Trinajstić information content (AvgIpc) is 2.95. The molecule has 2 saturated heterocycles. The van der Waals surface area contributed by atoms with Gasteiger partial charge in [-0.2, -0.15) is 0 Å². The summed E-state index contributed by atoms with van der Waals surface area (Å²) in [7, 11) is 0. The normalized spacial score (nSPS) is 25.7. The van der Waals surface area contributed by atoms with Crippen molar-refractivity contribution in [1.29, 1.82) is 0 Å². The average molecular weight is 267 g/mol. The molecule has 0 saturated carbocycles. The van der Waals surface area contributed by atoms with Crippen LogP contribution in [0.5, 0.6) is 0 Å². The maximum absolute atomic E-state index is 12.1. The molecule has 2 rings (SSSR count). The predicted octanol–water partition coefficient (Wildman–Crippen LogP) is 1.32. The van der Waals surface area contributed by atoms with Crippen LogP contribution in [0.2, 0.25) is 0 Å². The number of nitrogens with one attached hydrogen (secondary N) is 1. The first-order valence-corrected chi connectivity index (χ1v) is 7.98. The molecule has 0 radical (unpaired) electrons. The topological polar surface area (TPSA) is 35.6 Å². The van der Waals surface area contributed by atoms with Crippen LogP contribution in [0.25, 0.3) is 0 Å². The summed E-state index contributed by atoms with van der Waals surface area (Å²) < 4.78 is 0. The number of carbonyl (C=O) groups excluding carboxylic acids is 1. The number of likely N-dealkylation sites (tertiary alicyclic amines) is 1. The van der Waals surface area contributed by atoms with Crippen molar-refractivity contribution in [2.24, 2.45) is 5.92 Å². The fourth-order valence-electron chi connectivity index (χ4n) is 3.49. The molecule has 1 amide bonds. The second kappa shape index (κ2) is 7.25. The van der Waals surface area contributed by atoms with Crippen molar-refractivity contribution in [3.05, 3.63) is 0 Å². The molecule has 110 valence electrons. The van der Waals surface area contributed by atoms with Gasteiger partial charge >= 0.3 is 0 Å². The van der Waals surface area contributed by atoms with E-state index in [1.54, 1.807) is 0 Å². The SMILES string of the molecule is CCN(CC)C(=O)CN1CCC(C2CCCN2)CC1. The van der Waals surface area contributed by atoms with Crippen molar-refractivity contribution < 1.29 is 4.79 Å². The van der Waals surface area contributed by atoms with E-state index in [9.17, 15) is 4.79 Å². The molecule has 1 N–H and O–H groups in total. The molecule has 4 heteroatoms. The number of nitrogens with zero attached hydrogens (tertiary/aromatic N) is 2. The number of rotatable bonds is 5. The van der Waals surface area contributed by atoms with Gasteiger partial charge in [-0.25, -0.2) is 0 Å². The third kappa shape index (κ3) is 3.93. The summed E-state index contributed by atoms with van der Waals surface area (Å²) in [5.41, 5.74) is 0. The van der Waals surface area contributed by atoms with E-state index in [2.05, 4.69) is 24.1 Å². The molecule has 0 aliphatic carbocycles. The Morgan fingerprint density at radius 2 is 1.89 bits per heavy atom. The van der Waals surface area contributed by atoms with Crippen LogP contribution in [-0.4, -0.2) is 61.0 Å². The van der Waals surface area contributed by atoms with Crippen LogP contribution < -0.4 is 5.32 Å². The summed E-state index contributed by atoms with van der Waals surface area (Å²) in [5.74, 6) is 1.13. The number of carbonyl (C=O) groups is 1. The smallest absolute Gasteiger partial charge is 0.236 e. The summed E-state index contributed by atoms with van der Waals surface area (Å²) in [5, 5.41) is 3.62. The zero-order valence-corrected chi connectivity index (χ0v) is 12.5. The van der Waals surface area contributed by atoms with Crippen LogP contribution in [0.1, 0.15) is 39.5 Å². The van der Waals surface area contributed by atoms with Gasteiger partial charge in [-0.15, -0.1) is 0 Å². The van der Waals surface area contributed by atoms with E-state index < -0.39 is 0 Å². The van der Waals surface area contributed by atoms with Gasteiger partial charge in [0, 0.05) is 19.1 Å². The molecular weight excluding hydrogens is 238 g/mol. The Bertz CT molecular complexity index is 277. The Morgan fingerprint density at radius 1 is 1.21 bits per heavy atom. The second-order valence-corrected chi connectivity index (χ2v) is 5.88. The number of hydrogen-bond acceptors (Lipinski definition) is 3. The van der Waals surface area contributed by atoms with Crippen molar-refractivity contribution in [3.63, 3.8) is 0 Å². The Balaban J connectivity index is 1.72. The second-order valence-electron chi connectivity index (χ2n) is 5.88. The number of piperidine rings is 1. The number of likely N-dealkylation sites (N-methyl/N-ethyl adjacent to an activating group) is 1.